The van der Waals surface area contributed by atoms with Crippen LogP contribution in [0, 0.1) is 11.6 Å². The molecule has 0 atom stereocenters. The lowest BCUT2D eigenvalue weighted by Crippen LogP contribution is -2.10. The zero-order valence-electron chi connectivity index (χ0n) is 16.5. The molecule has 0 radical (unpaired) electrons. The number of carbonyl (C=O) groups is 1. The molecule has 0 saturated heterocycles. The average molecular weight is 484 g/mol. The Morgan fingerprint density at radius 1 is 1.12 bits per heavy atom. The first-order chi connectivity index (χ1) is 15.9. The molecule has 2 N–H and O–H groups in total. The number of aromatic nitrogens is 3. The van der Waals surface area contributed by atoms with Gasteiger partial charge in [0.15, 0.2) is 5.69 Å². The molecule has 0 saturated carbocycles. The van der Waals surface area contributed by atoms with Crippen LogP contribution in [0.15, 0.2) is 58.3 Å². The summed E-state index contributed by atoms with van der Waals surface area (Å²) in [4.78, 5) is 27.9. The highest BCUT2D eigenvalue weighted by molar-refractivity contribution is 6.31. The van der Waals surface area contributed by atoms with Gasteiger partial charge in [-0.3, -0.25) is 10.3 Å². The van der Waals surface area contributed by atoms with Crippen molar-refractivity contribution in [3.05, 3.63) is 87.9 Å². The van der Waals surface area contributed by atoms with E-state index in [1.807, 2.05) is 0 Å². The number of carboxylic acids is 1. The van der Waals surface area contributed by atoms with E-state index >= 15 is 0 Å². The van der Waals surface area contributed by atoms with Crippen molar-refractivity contribution in [1.82, 2.24) is 15.0 Å². The Morgan fingerprint density at radius 3 is 2.59 bits per heavy atom. The Bertz CT molecular complexity index is 1430. The van der Waals surface area contributed by atoms with E-state index in [1.54, 1.807) is 18.2 Å². The minimum absolute atomic E-state index is 0. The Morgan fingerprint density at radius 2 is 1.88 bits per heavy atom. The molecular weight excluding hydrogens is 468 g/mol. The third-order valence-corrected chi connectivity index (χ3v) is 5.14. The molecular formula is C23H16ClF2N5O3. The number of halogens is 3. The molecule has 0 bridgehead atoms. The number of aliphatic imine (C=N–C) groups is 1. The number of benzene rings is 2. The van der Waals surface area contributed by atoms with E-state index in [-0.39, 0.29) is 42.9 Å². The molecule has 0 unspecified atom stereocenters. The van der Waals surface area contributed by atoms with Crippen LogP contribution >= 0.6 is 11.6 Å². The van der Waals surface area contributed by atoms with Crippen molar-refractivity contribution in [2.45, 2.75) is 14.0 Å². The number of fused-ring (bicyclic) bond motifs is 3. The number of hydrogen-bond acceptors (Lipinski definition) is 7. The van der Waals surface area contributed by atoms with Crippen molar-refractivity contribution in [3.8, 4) is 11.3 Å². The summed E-state index contributed by atoms with van der Waals surface area (Å²) in [7, 11) is 0. The maximum atomic E-state index is 14.6. The van der Waals surface area contributed by atoms with Crippen LogP contribution in [-0.4, -0.2) is 31.7 Å². The summed E-state index contributed by atoms with van der Waals surface area (Å²) >= 11 is 6.20. The Kier molecular flexibility index (Phi) is 6.08. The van der Waals surface area contributed by atoms with Crippen LogP contribution in [0.4, 0.5) is 20.7 Å². The molecule has 2 aromatic heterocycles. The van der Waals surface area contributed by atoms with Crippen molar-refractivity contribution in [3.63, 3.8) is 0 Å². The minimum atomic E-state index is -1.24. The van der Waals surface area contributed by atoms with E-state index in [4.69, 9.17) is 21.1 Å². The zero-order chi connectivity index (χ0) is 23.1. The fraction of sp³-hybridized carbons (Fsp3) is 0.0870. The smallest absolute Gasteiger partial charge is 0.357 e. The first kappa shape index (κ1) is 23.0. The van der Waals surface area contributed by atoms with Gasteiger partial charge >= 0.3 is 12.0 Å². The van der Waals surface area contributed by atoms with Gasteiger partial charge in [-0.05, 0) is 24.3 Å². The second-order valence-corrected chi connectivity index (χ2v) is 7.42. The first-order valence-electron chi connectivity index (χ1n) is 9.51. The van der Waals surface area contributed by atoms with E-state index in [1.165, 1.54) is 12.3 Å². The number of aromatic carboxylic acids is 1. The molecule has 172 valence electrons. The number of rotatable bonds is 4. The minimum Gasteiger partial charge on any atom is -0.476 e. The number of carboxylic acid groups (broad SMARTS) is 1. The highest BCUT2D eigenvalue weighted by Gasteiger charge is 2.25. The quantitative estimate of drug-likeness (QED) is 0.394. The van der Waals surface area contributed by atoms with Crippen LogP contribution in [0.25, 0.3) is 11.3 Å². The molecule has 0 amide bonds. The van der Waals surface area contributed by atoms with Crippen molar-refractivity contribution in [2.24, 2.45) is 4.99 Å². The predicted octanol–water partition coefficient (Wildman–Crippen LogP) is 5.49. The Hall–Kier alpha value is -4.18. The predicted molar refractivity (Wildman–Crippen MR) is 122 cm³/mol. The van der Waals surface area contributed by atoms with Gasteiger partial charge in [0.25, 0.3) is 0 Å². The van der Waals surface area contributed by atoms with Gasteiger partial charge in [0.2, 0.25) is 5.95 Å². The third-order valence-electron chi connectivity index (χ3n) is 4.91. The van der Waals surface area contributed by atoms with E-state index in [0.29, 0.717) is 27.4 Å². The molecule has 1 aliphatic rings. The van der Waals surface area contributed by atoms with Crippen LogP contribution < -0.4 is 5.32 Å². The monoisotopic (exact) mass is 483 g/mol. The molecule has 0 aliphatic carbocycles. The van der Waals surface area contributed by atoms with Crippen LogP contribution in [0.1, 0.15) is 34.6 Å². The third kappa shape index (κ3) is 4.11. The lowest BCUT2D eigenvalue weighted by atomic mass is 9.95. The van der Waals surface area contributed by atoms with Gasteiger partial charge in [-0.15, -0.1) is 0 Å². The van der Waals surface area contributed by atoms with Crippen LogP contribution in [0.3, 0.4) is 0 Å². The molecule has 0 fully saturated rings. The van der Waals surface area contributed by atoms with Crippen molar-refractivity contribution in [1.29, 1.82) is 0 Å². The summed E-state index contributed by atoms with van der Waals surface area (Å²) in [6.45, 7) is 0.0627. The summed E-state index contributed by atoms with van der Waals surface area (Å²) < 4.78 is 34.3. The lowest BCUT2D eigenvalue weighted by molar-refractivity contribution is 0.0690. The van der Waals surface area contributed by atoms with Crippen molar-refractivity contribution < 1.29 is 23.1 Å². The largest absolute Gasteiger partial charge is 0.476 e. The lowest BCUT2D eigenvalue weighted by Gasteiger charge is -2.13. The second-order valence-electron chi connectivity index (χ2n) is 6.99. The van der Waals surface area contributed by atoms with Gasteiger partial charge in [0.1, 0.15) is 17.9 Å². The van der Waals surface area contributed by atoms with Gasteiger partial charge in [0, 0.05) is 27.9 Å². The number of nitrogens with one attached hydrogen (secondary N) is 1. The summed E-state index contributed by atoms with van der Waals surface area (Å²) in [5, 5.41) is 12.0. The average Bonchev–Trinajstić information content (AvgIpc) is 3.19. The van der Waals surface area contributed by atoms with Crippen molar-refractivity contribution >= 4 is 35.2 Å². The maximum absolute atomic E-state index is 14.6. The summed E-state index contributed by atoms with van der Waals surface area (Å²) in [5.41, 5.74) is 1.57. The first-order valence-corrected chi connectivity index (χ1v) is 9.89. The summed E-state index contributed by atoms with van der Waals surface area (Å²) in [6.07, 6.45) is 2.49. The molecule has 4 aromatic rings. The number of oxazole rings is 1. The van der Waals surface area contributed by atoms with E-state index in [2.05, 4.69) is 25.3 Å². The van der Waals surface area contributed by atoms with Crippen LogP contribution in [0.2, 0.25) is 5.02 Å². The topological polar surface area (TPSA) is 114 Å². The number of anilines is 2. The van der Waals surface area contributed by atoms with Crippen molar-refractivity contribution in [2.75, 3.05) is 5.32 Å². The molecule has 0 spiro atoms. The highest BCUT2D eigenvalue weighted by atomic mass is 35.5. The van der Waals surface area contributed by atoms with Gasteiger partial charge in [-0.25, -0.2) is 23.5 Å². The Labute approximate surface area is 197 Å². The number of nitrogens with zero attached hydrogens (tertiary/aromatic N) is 4. The molecule has 2 aromatic carbocycles. The standard InChI is InChI=1S/C22H12ClF2N5O3.CH4/c23-11-4-5-12-13(6-11)19(17-14(24)2-1-3-15(17)25)26-7-10-8-27-21(29-18(10)12)30-22-28-16(9-33-22)20(31)32;/h1-6,8-9H,7H2,(H,31,32)(H,27,28,29,30);1H4. The maximum Gasteiger partial charge on any atom is 0.357 e. The van der Waals surface area contributed by atoms with E-state index < -0.39 is 17.6 Å². The fourth-order valence-electron chi connectivity index (χ4n) is 3.45. The van der Waals surface area contributed by atoms with Gasteiger partial charge in [0.05, 0.1) is 23.5 Å². The molecule has 8 nitrogen and oxygen atoms in total. The SMILES string of the molecule is C.O=C(O)c1coc(Nc2ncc3c(n2)-c2ccc(Cl)cc2C(c2c(F)cccc2F)=NC3)n1. The Balaban J connectivity index is 0.00000274. The van der Waals surface area contributed by atoms with Crippen LogP contribution in [-0.2, 0) is 6.54 Å². The van der Waals surface area contributed by atoms with E-state index in [9.17, 15) is 13.6 Å². The highest BCUT2D eigenvalue weighted by Crippen LogP contribution is 2.34. The zero-order valence-corrected chi connectivity index (χ0v) is 17.3. The normalized spacial score (nSPS) is 12.0. The van der Waals surface area contributed by atoms with E-state index in [0.717, 1.165) is 18.4 Å². The summed E-state index contributed by atoms with van der Waals surface area (Å²) in [5.74, 6) is -2.67. The van der Waals surface area contributed by atoms with Gasteiger partial charge in [-0.1, -0.05) is 31.2 Å². The second kappa shape index (κ2) is 8.99. The summed E-state index contributed by atoms with van der Waals surface area (Å²) in [6, 6.07) is 8.37. The molecule has 5 rings (SSSR count). The van der Waals surface area contributed by atoms with Crippen LogP contribution in [0.5, 0.6) is 0 Å². The molecule has 1 aliphatic heterocycles. The fourth-order valence-corrected chi connectivity index (χ4v) is 3.62. The van der Waals surface area contributed by atoms with Gasteiger partial charge in [-0.2, -0.15) is 4.98 Å². The number of hydrogen-bond donors (Lipinski definition) is 2. The van der Waals surface area contributed by atoms with Gasteiger partial charge < -0.3 is 9.52 Å². The molecule has 3 heterocycles. The molecule has 11 heteroatoms. The molecule has 34 heavy (non-hydrogen) atoms.